The minimum Gasteiger partial charge on any atom is -0.389 e. The maximum absolute atomic E-state index is 5.69. The Balaban J connectivity index is 2.12. The average molecular weight is 265 g/mol. The summed E-state index contributed by atoms with van der Waals surface area (Å²) in [6.45, 7) is 4.41. The fraction of sp³-hybridized carbons (Fsp3) is 0.583. The van der Waals surface area contributed by atoms with Crippen molar-refractivity contribution in [3.8, 4) is 0 Å². The molecule has 0 saturated carbocycles. The molecule has 98 valence electrons. The van der Waals surface area contributed by atoms with Gasteiger partial charge in [0.1, 0.15) is 4.99 Å². The first kappa shape index (κ1) is 13.2. The first-order valence-electron chi connectivity index (χ1n) is 6.14. The van der Waals surface area contributed by atoms with Crippen molar-refractivity contribution in [1.29, 1.82) is 0 Å². The molecule has 2 heterocycles. The summed E-state index contributed by atoms with van der Waals surface area (Å²) in [5, 5.41) is 11.4. The second-order valence-corrected chi connectivity index (χ2v) is 5.38. The number of anilines is 1. The fourth-order valence-electron chi connectivity index (χ4n) is 2.38. The molecule has 0 bridgehead atoms. The molecular formula is C12H19N5S. The number of piperidine rings is 1. The number of thiocarbonyl (C=S) groups is 1. The highest BCUT2D eigenvalue weighted by Crippen LogP contribution is 2.21. The highest BCUT2D eigenvalue weighted by atomic mass is 32.1. The number of nitrogens with zero attached hydrogens (tertiary/aromatic N) is 3. The molecule has 0 radical (unpaired) electrons. The van der Waals surface area contributed by atoms with Crippen LogP contribution in [-0.4, -0.2) is 46.3 Å². The molecule has 0 spiro atoms. The van der Waals surface area contributed by atoms with Crippen LogP contribution in [0.3, 0.4) is 0 Å². The van der Waals surface area contributed by atoms with Gasteiger partial charge in [-0.05, 0) is 32.0 Å². The Bertz CT molecular complexity index is 436. The smallest absolute Gasteiger partial charge is 0.159 e. The number of nitrogens with one attached hydrogen (secondary N) is 1. The van der Waals surface area contributed by atoms with Gasteiger partial charge in [0.05, 0.1) is 11.8 Å². The molecule has 0 aromatic carbocycles. The van der Waals surface area contributed by atoms with Crippen LogP contribution in [-0.2, 0) is 0 Å². The van der Waals surface area contributed by atoms with Gasteiger partial charge in [0, 0.05) is 12.6 Å². The lowest BCUT2D eigenvalue weighted by Crippen LogP contribution is -2.43. The SMILES string of the molecule is CC1CN(C)CCC1Nc1nnccc1C(N)=S. The number of nitrogens with two attached hydrogens (primary N) is 1. The second kappa shape index (κ2) is 5.58. The molecule has 1 aromatic heterocycles. The van der Waals surface area contributed by atoms with Crippen molar-refractivity contribution in [2.24, 2.45) is 11.7 Å². The van der Waals surface area contributed by atoms with Gasteiger partial charge in [-0.1, -0.05) is 19.1 Å². The number of aromatic nitrogens is 2. The van der Waals surface area contributed by atoms with Crippen molar-refractivity contribution in [2.75, 3.05) is 25.5 Å². The molecule has 5 nitrogen and oxygen atoms in total. The molecule has 2 unspecified atom stereocenters. The topological polar surface area (TPSA) is 67.1 Å². The van der Waals surface area contributed by atoms with Gasteiger partial charge in [0.25, 0.3) is 0 Å². The standard InChI is InChI=1S/C12H19N5S/c1-8-7-17(2)6-4-10(8)15-12-9(11(13)18)3-5-14-16-12/h3,5,8,10H,4,6-7H2,1-2H3,(H2,13,18)(H,15,16). The maximum Gasteiger partial charge on any atom is 0.159 e. The van der Waals surface area contributed by atoms with Crippen LogP contribution in [0.2, 0.25) is 0 Å². The van der Waals surface area contributed by atoms with Gasteiger partial charge in [-0.15, -0.1) is 5.10 Å². The van der Waals surface area contributed by atoms with Crippen LogP contribution in [0.25, 0.3) is 0 Å². The first-order chi connectivity index (χ1) is 8.58. The molecule has 2 rings (SSSR count). The number of rotatable bonds is 3. The Labute approximate surface area is 113 Å². The van der Waals surface area contributed by atoms with E-state index in [1.54, 1.807) is 12.3 Å². The van der Waals surface area contributed by atoms with Crippen LogP contribution < -0.4 is 11.1 Å². The molecule has 3 N–H and O–H groups in total. The van der Waals surface area contributed by atoms with Crippen molar-refractivity contribution < 1.29 is 0 Å². The summed E-state index contributed by atoms with van der Waals surface area (Å²) in [5.74, 6) is 1.26. The monoisotopic (exact) mass is 265 g/mol. The Morgan fingerprint density at radius 3 is 3.06 bits per heavy atom. The van der Waals surface area contributed by atoms with Gasteiger partial charge in [0.2, 0.25) is 0 Å². The Kier molecular flexibility index (Phi) is 4.08. The van der Waals surface area contributed by atoms with E-state index in [0.717, 1.165) is 25.1 Å². The quantitative estimate of drug-likeness (QED) is 0.790. The van der Waals surface area contributed by atoms with E-state index in [1.807, 2.05) is 0 Å². The van der Waals surface area contributed by atoms with E-state index in [-0.39, 0.29) is 0 Å². The molecule has 1 fully saturated rings. The third kappa shape index (κ3) is 2.94. The molecule has 1 saturated heterocycles. The highest BCUT2D eigenvalue weighted by molar-refractivity contribution is 7.80. The van der Waals surface area contributed by atoms with Crippen LogP contribution in [0, 0.1) is 5.92 Å². The van der Waals surface area contributed by atoms with Crippen molar-refractivity contribution in [1.82, 2.24) is 15.1 Å². The van der Waals surface area contributed by atoms with E-state index < -0.39 is 0 Å². The summed E-state index contributed by atoms with van der Waals surface area (Å²) >= 11 is 5.03. The molecule has 2 atom stereocenters. The van der Waals surface area contributed by atoms with Gasteiger partial charge in [0.15, 0.2) is 5.82 Å². The third-order valence-corrected chi connectivity index (χ3v) is 3.64. The van der Waals surface area contributed by atoms with E-state index in [4.69, 9.17) is 18.0 Å². The third-order valence-electron chi connectivity index (χ3n) is 3.42. The molecule has 0 aliphatic carbocycles. The molecule has 1 aliphatic rings. The highest BCUT2D eigenvalue weighted by Gasteiger charge is 2.25. The maximum atomic E-state index is 5.69. The van der Waals surface area contributed by atoms with Crippen LogP contribution >= 0.6 is 12.2 Å². The zero-order valence-electron chi connectivity index (χ0n) is 10.8. The summed E-state index contributed by atoms with van der Waals surface area (Å²) in [5.41, 5.74) is 6.46. The molecule has 6 heteroatoms. The minimum atomic E-state index is 0.355. The first-order valence-corrected chi connectivity index (χ1v) is 6.55. The van der Waals surface area contributed by atoms with Crippen LogP contribution in [0.15, 0.2) is 12.3 Å². The van der Waals surface area contributed by atoms with Crippen LogP contribution in [0.1, 0.15) is 18.9 Å². The largest absolute Gasteiger partial charge is 0.389 e. The number of hydrogen-bond acceptors (Lipinski definition) is 5. The lowest BCUT2D eigenvalue weighted by Gasteiger charge is -2.35. The Hall–Kier alpha value is -1.27. The summed E-state index contributed by atoms with van der Waals surface area (Å²) in [6.07, 6.45) is 2.70. The Morgan fingerprint density at radius 2 is 2.39 bits per heavy atom. The van der Waals surface area contributed by atoms with Gasteiger partial charge in [-0.3, -0.25) is 0 Å². The Morgan fingerprint density at radius 1 is 1.61 bits per heavy atom. The van der Waals surface area contributed by atoms with Crippen molar-refractivity contribution in [3.63, 3.8) is 0 Å². The fourth-order valence-corrected chi connectivity index (χ4v) is 2.55. The number of hydrogen-bond donors (Lipinski definition) is 2. The zero-order valence-corrected chi connectivity index (χ0v) is 11.6. The van der Waals surface area contributed by atoms with Crippen molar-refractivity contribution in [2.45, 2.75) is 19.4 Å². The molecule has 1 aromatic rings. The second-order valence-electron chi connectivity index (χ2n) is 4.94. The van der Waals surface area contributed by atoms with Gasteiger partial charge >= 0.3 is 0 Å². The predicted molar refractivity (Wildman–Crippen MR) is 76.6 cm³/mol. The lowest BCUT2D eigenvalue weighted by atomic mass is 9.94. The van der Waals surface area contributed by atoms with Crippen molar-refractivity contribution >= 4 is 23.0 Å². The molecule has 1 aliphatic heterocycles. The van der Waals surface area contributed by atoms with E-state index in [2.05, 4.69) is 34.4 Å². The normalized spacial score (nSPS) is 24.8. The summed E-state index contributed by atoms with van der Waals surface area (Å²) < 4.78 is 0. The van der Waals surface area contributed by atoms with Gasteiger partial charge < -0.3 is 16.0 Å². The summed E-state index contributed by atoms with van der Waals surface area (Å²) in [4.78, 5) is 2.70. The van der Waals surface area contributed by atoms with E-state index in [1.165, 1.54) is 0 Å². The summed E-state index contributed by atoms with van der Waals surface area (Å²) in [7, 11) is 2.15. The van der Waals surface area contributed by atoms with Gasteiger partial charge in [-0.25, -0.2) is 0 Å². The van der Waals surface area contributed by atoms with E-state index >= 15 is 0 Å². The predicted octanol–water partition coefficient (Wildman–Crippen LogP) is 0.863. The van der Waals surface area contributed by atoms with E-state index in [9.17, 15) is 0 Å². The average Bonchev–Trinajstić information content (AvgIpc) is 2.33. The number of likely N-dealkylation sites (tertiary alicyclic amines) is 1. The van der Waals surface area contributed by atoms with Crippen LogP contribution in [0.5, 0.6) is 0 Å². The summed E-state index contributed by atoms with van der Waals surface area (Å²) in [6, 6.07) is 2.20. The zero-order chi connectivity index (χ0) is 13.1. The molecular weight excluding hydrogens is 246 g/mol. The van der Waals surface area contributed by atoms with Crippen molar-refractivity contribution in [3.05, 3.63) is 17.8 Å². The van der Waals surface area contributed by atoms with Crippen LogP contribution in [0.4, 0.5) is 5.82 Å². The minimum absolute atomic E-state index is 0.355. The van der Waals surface area contributed by atoms with E-state index in [0.29, 0.717) is 22.8 Å². The lowest BCUT2D eigenvalue weighted by molar-refractivity contribution is 0.206. The van der Waals surface area contributed by atoms with Gasteiger partial charge in [-0.2, -0.15) is 5.10 Å². The molecule has 0 amide bonds. The molecule has 18 heavy (non-hydrogen) atoms.